The topological polar surface area (TPSA) is 56.5 Å². The van der Waals surface area contributed by atoms with Gasteiger partial charge in [0, 0.05) is 18.7 Å². The molecule has 2 heterocycles. The molecular formula is C19H22N2O3. The SMILES string of the molecule is COc1ccc(C2CCCCCN2C(=O)c2cccc[n+]2[O-])cc1. The summed E-state index contributed by atoms with van der Waals surface area (Å²) in [5.41, 5.74) is 1.26. The minimum Gasteiger partial charge on any atom is -0.618 e. The standard InChI is InChI=1S/C19H22N2O3/c1-24-16-11-9-15(10-12-16)17-7-3-2-5-13-20(17)19(22)18-8-4-6-14-21(18)23/h4,6,8-12,14,17H,2-3,5,7,13H2,1H3. The van der Waals surface area contributed by atoms with E-state index in [0.29, 0.717) is 11.3 Å². The summed E-state index contributed by atoms with van der Waals surface area (Å²) in [5, 5.41) is 12.0. The maximum atomic E-state index is 13.0. The van der Waals surface area contributed by atoms with Gasteiger partial charge in [0.1, 0.15) is 5.75 Å². The summed E-state index contributed by atoms with van der Waals surface area (Å²) >= 11 is 0. The van der Waals surface area contributed by atoms with Gasteiger partial charge in [-0.2, -0.15) is 4.73 Å². The van der Waals surface area contributed by atoms with Crippen LogP contribution >= 0.6 is 0 Å². The van der Waals surface area contributed by atoms with Gasteiger partial charge < -0.3 is 14.8 Å². The summed E-state index contributed by atoms with van der Waals surface area (Å²) in [7, 11) is 1.64. The fourth-order valence-electron chi connectivity index (χ4n) is 3.27. The predicted octanol–water partition coefficient (Wildman–Crippen LogP) is 3.09. The Morgan fingerprint density at radius 3 is 2.67 bits per heavy atom. The molecule has 5 nitrogen and oxygen atoms in total. The molecule has 1 aromatic heterocycles. The number of pyridine rings is 1. The van der Waals surface area contributed by atoms with Crippen molar-refractivity contribution in [2.24, 2.45) is 0 Å². The largest absolute Gasteiger partial charge is 0.618 e. The van der Waals surface area contributed by atoms with Crippen LogP contribution in [0.4, 0.5) is 0 Å². The van der Waals surface area contributed by atoms with Crippen LogP contribution in [0.5, 0.6) is 5.75 Å². The monoisotopic (exact) mass is 326 g/mol. The first-order chi connectivity index (χ1) is 11.7. The van der Waals surface area contributed by atoms with Crippen molar-refractivity contribution in [1.29, 1.82) is 0 Å². The summed E-state index contributed by atoms with van der Waals surface area (Å²) in [6.45, 7) is 0.671. The van der Waals surface area contributed by atoms with E-state index >= 15 is 0 Å². The van der Waals surface area contributed by atoms with E-state index in [4.69, 9.17) is 4.74 Å². The number of carbonyl (C=O) groups is 1. The molecular weight excluding hydrogens is 304 g/mol. The molecule has 1 amide bonds. The number of benzene rings is 1. The highest BCUT2D eigenvalue weighted by Gasteiger charge is 2.31. The molecule has 3 rings (SSSR count). The molecule has 1 aliphatic heterocycles. The zero-order chi connectivity index (χ0) is 16.9. The number of ether oxygens (including phenoxy) is 1. The fraction of sp³-hybridized carbons (Fsp3) is 0.368. The van der Waals surface area contributed by atoms with Crippen molar-refractivity contribution in [3.8, 4) is 5.75 Å². The van der Waals surface area contributed by atoms with Crippen LogP contribution in [0, 0.1) is 5.21 Å². The fourth-order valence-corrected chi connectivity index (χ4v) is 3.27. The maximum absolute atomic E-state index is 13.0. The van der Waals surface area contributed by atoms with Crippen LogP contribution in [0.1, 0.15) is 47.8 Å². The van der Waals surface area contributed by atoms with Crippen molar-refractivity contribution in [3.63, 3.8) is 0 Å². The molecule has 0 N–H and O–H groups in total. The number of likely N-dealkylation sites (tertiary alicyclic amines) is 1. The van der Waals surface area contributed by atoms with Gasteiger partial charge >= 0.3 is 5.91 Å². The highest BCUT2D eigenvalue weighted by molar-refractivity contribution is 5.91. The van der Waals surface area contributed by atoms with E-state index in [-0.39, 0.29) is 17.6 Å². The van der Waals surface area contributed by atoms with Gasteiger partial charge in [-0.1, -0.05) is 25.0 Å². The molecule has 0 aliphatic carbocycles. The molecule has 126 valence electrons. The first-order valence-electron chi connectivity index (χ1n) is 8.34. The number of nitrogens with zero attached hydrogens (tertiary/aromatic N) is 2. The van der Waals surface area contributed by atoms with Crippen LogP contribution in [0.15, 0.2) is 48.7 Å². The number of hydrogen-bond acceptors (Lipinski definition) is 3. The van der Waals surface area contributed by atoms with Gasteiger partial charge in [-0.3, -0.25) is 4.79 Å². The smallest absolute Gasteiger partial charge is 0.320 e. The van der Waals surface area contributed by atoms with Crippen molar-refractivity contribution in [1.82, 2.24) is 4.90 Å². The molecule has 1 saturated heterocycles. The second-order valence-electron chi connectivity index (χ2n) is 6.05. The summed E-state index contributed by atoms with van der Waals surface area (Å²) in [4.78, 5) is 14.8. The average Bonchev–Trinajstić information content (AvgIpc) is 2.87. The van der Waals surface area contributed by atoms with Crippen molar-refractivity contribution >= 4 is 5.91 Å². The first kappa shape index (κ1) is 16.3. The van der Waals surface area contributed by atoms with Gasteiger partial charge in [0.2, 0.25) is 0 Å². The Hall–Kier alpha value is -2.56. The molecule has 2 aromatic rings. The third-order valence-corrected chi connectivity index (χ3v) is 4.56. The van der Waals surface area contributed by atoms with Crippen molar-refractivity contribution in [3.05, 3.63) is 65.1 Å². The lowest BCUT2D eigenvalue weighted by Gasteiger charge is -2.29. The number of rotatable bonds is 3. The number of hydrogen-bond donors (Lipinski definition) is 0. The predicted molar refractivity (Wildman–Crippen MR) is 90.6 cm³/mol. The number of amides is 1. The highest BCUT2D eigenvalue weighted by Crippen LogP contribution is 2.31. The summed E-state index contributed by atoms with van der Waals surface area (Å²) in [5.74, 6) is 0.596. The summed E-state index contributed by atoms with van der Waals surface area (Å²) in [6, 6.07) is 12.8. The molecule has 1 unspecified atom stereocenters. The lowest BCUT2D eigenvalue weighted by molar-refractivity contribution is -0.608. The molecule has 0 saturated carbocycles. The Bertz CT molecular complexity index is 700. The minimum absolute atomic E-state index is 0.00823. The zero-order valence-corrected chi connectivity index (χ0v) is 13.9. The van der Waals surface area contributed by atoms with Crippen molar-refractivity contribution in [2.45, 2.75) is 31.7 Å². The van der Waals surface area contributed by atoms with E-state index in [9.17, 15) is 10.0 Å². The Kier molecular flexibility index (Phi) is 4.99. The van der Waals surface area contributed by atoms with E-state index in [2.05, 4.69) is 0 Å². The molecule has 0 spiro atoms. The Morgan fingerprint density at radius 1 is 1.17 bits per heavy atom. The number of carbonyl (C=O) groups excluding carboxylic acids is 1. The molecule has 0 bridgehead atoms. The molecule has 0 radical (unpaired) electrons. The number of aromatic nitrogens is 1. The number of methoxy groups -OCH3 is 1. The lowest BCUT2D eigenvalue weighted by Crippen LogP contribution is -2.43. The molecule has 1 aromatic carbocycles. The van der Waals surface area contributed by atoms with Crippen molar-refractivity contribution in [2.75, 3.05) is 13.7 Å². The molecule has 1 atom stereocenters. The van der Waals surface area contributed by atoms with Crippen LogP contribution in [0.2, 0.25) is 0 Å². The van der Waals surface area contributed by atoms with E-state index in [1.165, 1.54) is 6.20 Å². The van der Waals surface area contributed by atoms with Crippen LogP contribution in [-0.4, -0.2) is 24.5 Å². The second kappa shape index (κ2) is 7.34. The molecule has 1 aliphatic rings. The van der Waals surface area contributed by atoms with Gasteiger partial charge in [-0.25, -0.2) is 0 Å². The summed E-state index contributed by atoms with van der Waals surface area (Å²) in [6.07, 6.45) is 5.41. The van der Waals surface area contributed by atoms with E-state index in [1.54, 1.807) is 25.3 Å². The highest BCUT2D eigenvalue weighted by atomic mass is 16.5. The van der Waals surface area contributed by atoms with Crippen LogP contribution < -0.4 is 9.47 Å². The Balaban J connectivity index is 1.92. The minimum atomic E-state index is -0.201. The third-order valence-electron chi connectivity index (χ3n) is 4.56. The maximum Gasteiger partial charge on any atom is 0.320 e. The van der Waals surface area contributed by atoms with E-state index < -0.39 is 0 Å². The summed E-state index contributed by atoms with van der Waals surface area (Å²) < 4.78 is 5.87. The van der Waals surface area contributed by atoms with Crippen LogP contribution in [-0.2, 0) is 0 Å². The molecule has 24 heavy (non-hydrogen) atoms. The van der Waals surface area contributed by atoms with E-state index in [1.807, 2.05) is 29.2 Å². The Labute approximate surface area is 142 Å². The van der Waals surface area contributed by atoms with Gasteiger partial charge in [-0.15, -0.1) is 0 Å². The lowest BCUT2D eigenvalue weighted by atomic mass is 10.0. The zero-order valence-electron chi connectivity index (χ0n) is 13.9. The second-order valence-corrected chi connectivity index (χ2v) is 6.05. The van der Waals surface area contributed by atoms with Gasteiger partial charge in [-0.05, 0) is 36.6 Å². The normalized spacial score (nSPS) is 18.0. The van der Waals surface area contributed by atoms with Gasteiger partial charge in [0.05, 0.1) is 13.2 Å². The van der Waals surface area contributed by atoms with Crippen molar-refractivity contribution < 1.29 is 14.3 Å². The molecule has 1 fully saturated rings. The average molecular weight is 326 g/mol. The molecule has 5 heteroatoms. The van der Waals surface area contributed by atoms with Gasteiger partial charge in [0.25, 0.3) is 5.69 Å². The first-order valence-corrected chi connectivity index (χ1v) is 8.34. The van der Waals surface area contributed by atoms with Crippen LogP contribution in [0.25, 0.3) is 0 Å². The third kappa shape index (κ3) is 3.35. The van der Waals surface area contributed by atoms with E-state index in [0.717, 1.165) is 37.0 Å². The van der Waals surface area contributed by atoms with Gasteiger partial charge in [0.15, 0.2) is 6.20 Å². The quantitative estimate of drug-likeness (QED) is 0.643. The Morgan fingerprint density at radius 2 is 1.96 bits per heavy atom. The van der Waals surface area contributed by atoms with Crippen LogP contribution in [0.3, 0.4) is 0 Å².